The predicted octanol–water partition coefficient (Wildman–Crippen LogP) is 5.50. The van der Waals surface area contributed by atoms with Crippen molar-refractivity contribution in [1.29, 1.82) is 0 Å². The van der Waals surface area contributed by atoms with Gasteiger partial charge in [-0.25, -0.2) is 0 Å². The summed E-state index contributed by atoms with van der Waals surface area (Å²) in [6.07, 6.45) is 0. The summed E-state index contributed by atoms with van der Waals surface area (Å²) < 4.78 is 1.14. The second kappa shape index (κ2) is 6.44. The van der Waals surface area contributed by atoms with Gasteiger partial charge in [0.2, 0.25) is 0 Å². The Morgan fingerprint density at radius 3 is 2.00 bits per heavy atom. The second-order valence-corrected chi connectivity index (χ2v) is 6.52. The Morgan fingerprint density at radius 2 is 1.39 bits per heavy atom. The summed E-state index contributed by atoms with van der Waals surface area (Å²) in [5.74, 6) is 2.15. The van der Waals surface area contributed by atoms with Crippen LogP contribution in [0.15, 0.2) is 46.9 Å². The van der Waals surface area contributed by atoms with Crippen LogP contribution in [0, 0.1) is 13.8 Å². The third kappa shape index (κ3) is 4.18. The van der Waals surface area contributed by atoms with Gasteiger partial charge >= 0.3 is 0 Å². The molecule has 0 saturated heterocycles. The first-order valence-electron chi connectivity index (χ1n) is 6.03. The van der Waals surface area contributed by atoms with Crippen molar-refractivity contribution in [3.8, 4) is 0 Å². The monoisotopic (exact) mass is 320 g/mol. The largest absolute Gasteiger partial charge is 0.152 e. The molecule has 0 amide bonds. The van der Waals surface area contributed by atoms with E-state index in [1.165, 1.54) is 22.3 Å². The fourth-order valence-electron chi connectivity index (χ4n) is 2.02. The molecule has 0 N–H and O–H groups in total. The van der Waals surface area contributed by atoms with Crippen molar-refractivity contribution in [1.82, 2.24) is 0 Å². The Balaban J connectivity index is 1.90. The van der Waals surface area contributed by atoms with Gasteiger partial charge in [-0.3, -0.25) is 0 Å². The van der Waals surface area contributed by atoms with E-state index in [9.17, 15) is 0 Å². The van der Waals surface area contributed by atoms with Gasteiger partial charge in [-0.1, -0.05) is 57.4 Å². The Morgan fingerprint density at radius 1 is 0.833 bits per heavy atom. The average molecular weight is 321 g/mol. The van der Waals surface area contributed by atoms with Gasteiger partial charge in [0.25, 0.3) is 0 Å². The zero-order valence-electron chi connectivity index (χ0n) is 10.7. The van der Waals surface area contributed by atoms with Crippen LogP contribution < -0.4 is 0 Å². The fraction of sp³-hybridized carbons (Fsp3) is 0.250. The molecule has 2 heteroatoms. The van der Waals surface area contributed by atoms with Crippen molar-refractivity contribution in [3.63, 3.8) is 0 Å². The third-order valence-corrected chi connectivity index (χ3v) is 4.34. The van der Waals surface area contributed by atoms with E-state index in [1.54, 1.807) is 0 Å². The van der Waals surface area contributed by atoms with E-state index in [-0.39, 0.29) is 0 Å². The number of benzene rings is 2. The van der Waals surface area contributed by atoms with Gasteiger partial charge in [0.05, 0.1) is 0 Å². The fourth-order valence-corrected chi connectivity index (χ4v) is 3.22. The molecule has 0 saturated carbocycles. The quantitative estimate of drug-likeness (QED) is 0.716. The lowest BCUT2D eigenvalue weighted by molar-refractivity contribution is 1.29. The SMILES string of the molecule is Cc1cc(C)cc(CSCc2ccc(Br)cc2)c1. The molecule has 0 aliphatic heterocycles. The summed E-state index contributed by atoms with van der Waals surface area (Å²) in [6, 6.07) is 15.3. The summed E-state index contributed by atoms with van der Waals surface area (Å²) >= 11 is 5.43. The first kappa shape index (κ1) is 13.7. The topological polar surface area (TPSA) is 0 Å². The minimum absolute atomic E-state index is 1.07. The lowest BCUT2D eigenvalue weighted by Gasteiger charge is -2.05. The van der Waals surface area contributed by atoms with Gasteiger partial charge in [0.15, 0.2) is 0 Å². The summed E-state index contributed by atoms with van der Waals surface area (Å²) in [6.45, 7) is 4.33. The summed E-state index contributed by atoms with van der Waals surface area (Å²) in [5.41, 5.74) is 5.52. The molecule has 2 aromatic rings. The maximum Gasteiger partial charge on any atom is 0.0188 e. The molecule has 0 radical (unpaired) electrons. The molecule has 0 aliphatic carbocycles. The van der Waals surface area contributed by atoms with E-state index in [4.69, 9.17) is 0 Å². The third-order valence-electron chi connectivity index (χ3n) is 2.73. The van der Waals surface area contributed by atoms with E-state index >= 15 is 0 Å². The zero-order chi connectivity index (χ0) is 13.0. The molecule has 0 nitrogen and oxygen atoms in total. The molecular weight excluding hydrogens is 304 g/mol. The van der Waals surface area contributed by atoms with Gasteiger partial charge in [0, 0.05) is 16.0 Å². The molecule has 0 fully saturated rings. The Labute approximate surface area is 122 Å². The van der Waals surface area contributed by atoms with Gasteiger partial charge in [-0.05, 0) is 37.1 Å². The highest BCUT2D eigenvalue weighted by molar-refractivity contribution is 9.10. The lowest BCUT2D eigenvalue weighted by Crippen LogP contribution is -1.86. The molecule has 0 bridgehead atoms. The van der Waals surface area contributed by atoms with Crippen LogP contribution in [0.2, 0.25) is 0 Å². The zero-order valence-corrected chi connectivity index (χ0v) is 13.1. The van der Waals surface area contributed by atoms with Crippen molar-refractivity contribution in [3.05, 3.63) is 69.2 Å². The van der Waals surface area contributed by atoms with Crippen LogP contribution in [-0.2, 0) is 11.5 Å². The maximum absolute atomic E-state index is 3.46. The molecule has 0 atom stereocenters. The Kier molecular flexibility index (Phi) is 4.90. The molecule has 0 unspecified atom stereocenters. The van der Waals surface area contributed by atoms with Gasteiger partial charge < -0.3 is 0 Å². The van der Waals surface area contributed by atoms with Crippen LogP contribution >= 0.6 is 27.7 Å². The van der Waals surface area contributed by atoms with Crippen LogP contribution in [-0.4, -0.2) is 0 Å². The van der Waals surface area contributed by atoms with E-state index < -0.39 is 0 Å². The van der Waals surface area contributed by atoms with E-state index in [1.807, 2.05) is 11.8 Å². The minimum Gasteiger partial charge on any atom is -0.152 e. The standard InChI is InChI=1S/C16H17BrS/c1-12-7-13(2)9-15(8-12)11-18-10-14-3-5-16(17)6-4-14/h3-9H,10-11H2,1-2H3. The van der Waals surface area contributed by atoms with Gasteiger partial charge in [0.1, 0.15) is 0 Å². The van der Waals surface area contributed by atoms with Crippen LogP contribution in [0.1, 0.15) is 22.3 Å². The maximum atomic E-state index is 3.46. The minimum atomic E-state index is 1.07. The van der Waals surface area contributed by atoms with Crippen molar-refractivity contribution in [2.75, 3.05) is 0 Å². The van der Waals surface area contributed by atoms with Crippen LogP contribution in [0.4, 0.5) is 0 Å². The normalized spacial score (nSPS) is 10.6. The Bertz CT molecular complexity index is 497. The molecular formula is C16H17BrS. The lowest BCUT2D eigenvalue weighted by atomic mass is 10.1. The molecule has 0 heterocycles. The van der Waals surface area contributed by atoms with Gasteiger partial charge in [-0.2, -0.15) is 11.8 Å². The van der Waals surface area contributed by atoms with Crippen molar-refractivity contribution >= 4 is 27.7 Å². The first-order chi connectivity index (χ1) is 8.63. The van der Waals surface area contributed by atoms with Gasteiger partial charge in [-0.15, -0.1) is 0 Å². The van der Waals surface area contributed by atoms with E-state index in [0.717, 1.165) is 16.0 Å². The highest BCUT2D eigenvalue weighted by Crippen LogP contribution is 2.20. The molecule has 18 heavy (non-hydrogen) atoms. The molecule has 94 valence electrons. The number of thioether (sulfide) groups is 1. The predicted molar refractivity (Wildman–Crippen MR) is 85.1 cm³/mol. The summed E-state index contributed by atoms with van der Waals surface area (Å²) in [7, 11) is 0. The number of halogens is 1. The number of hydrogen-bond donors (Lipinski definition) is 0. The number of hydrogen-bond acceptors (Lipinski definition) is 1. The molecule has 0 aliphatic rings. The number of aryl methyl sites for hydroxylation is 2. The highest BCUT2D eigenvalue weighted by atomic mass is 79.9. The van der Waals surface area contributed by atoms with Crippen molar-refractivity contribution in [2.24, 2.45) is 0 Å². The first-order valence-corrected chi connectivity index (χ1v) is 7.97. The molecule has 2 rings (SSSR count). The summed E-state index contributed by atoms with van der Waals surface area (Å²) in [5, 5.41) is 0. The van der Waals surface area contributed by atoms with Crippen LogP contribution in [0.25, 0.3) is 0 Å². The van der Waals surface area contributed by atoms with Crippen molar-refractivity contribution < 1.29 is 0 Å². The Hall–Kier alpha value is -0.730. The molecule has 2 aromatic carbocycles. The smallest absolute Gasteiger partial charge is 0.0188 e. The molecule has 0 spiro atoms. The van der Waals surface area contributed by atoms with E-state index in [2.05, 4.69) is 72.2 Å². The van der Waals surface area contributed by atoms with Crippen LogP contribution in [0.5, 0.6) is 0 Å². The highest BCUT2D eigenvalue weighted by Gasteiger charge is 1.98. The van der Waals surface area contributed by atoms with Crippen LogP contribution in [0.3, 0.4) is 0 Å². The van der Waals surface area contributed by atoms with Crippen molar-refractivity contribution in [2.45, 2.75) is 25.4 Å². The van der Waals surface area contributed by atoms with E-state index in [0.29, 0.717) is 0 Å². The summed E-state index contributed by atoms with van der Waals surface area (Å²) in [4.78, 5) is 0. The molecule has 0 aromatic heterocycles. The average Bonchev–Trinajstić information content (AvgIpc) is 2.30. The second-order valence-electron chi connectivity index (χ2n) is 4.62. The number of rotatable bonds is 4.